The summed E-state index contributed by atoms with van der Waals surface area (Å²) in [6, 6.07) is -9.40. The molecule has 0 saturated heterocycles. The first-order valence-corrected chi connectivity index (χ1v) is 29.1. The van der Waals surface area contributed by atoms with Crippen molar-refractivity contribution in [2.24, 2.45) is 34.6 Å². The molecule has 1 aromatic carbocycles. The van der Waals surface area contributed by atoms with Gasteiger partial charge in [-0.05, 0) is 64.0 Å². The number of hydrogen-bond donors (Lipinski definition) is 22. The van der Waals surface area contributed by atoms with Gasteiger partial charge in [0, 0.05) is 24.3 Å². The van der Waals surface area contributed by atoms with E-state index in [1.54, 1.807) is 44.2 Å². The van der Waals surface area contributed by atoms with Crippen molar-refractivity contribution in [1.29, 1.82) is 0 Å². The number of unbranched alkanes of at least 4 members (excludes halogenated alkanes) is 1. The molecule has 0 spiro atoms. The Balaban J connectivity index is 3.35. The third kappa shape index (κ3) is 28.8. The predicted molar refractivity (Wildman–Crippen MR) is 319 cm³/mol. The van der Waals surface area contributed by atoms with Gasteiger partial charge in [-0.3, -0.25) is 67.1 Å². The fourth-order valence-electron chi connectivity index (χ4n) is 7.92. The summed E-state index contributed by atoms with van der Waals surface area (Å²) in [4.78, 5) is 184. The summed E-state index contributed by atoms with van der Waals surface area (Å²) in [6.45, 7) is 3.09. The molecule has 25 N–H and O–H groups in total. The van der Waals surface area contributed by atoms with Gasteiger partial charge in [-0.1, -0.05) is 44.2 Å². The van der Waals surface area contributed by atoms with E-state index in [9.17, 15) is 82.4 Å². The van der Waals surface area contributed by atoms with Gasteiger partial charge < -0.3 is 108 Å². The number of nitrogens with two attached hydrogens (primary N) is 5. The molecule has 0 saturated carbocycles. The van der Waals surface area contributed by atoms with Crippen molar-refractivity contribution in [3.05, 3.63) is 35.9 Å². The zero-order valence-corrected chi connectivity index (χ0v) is 50.9. The molecule has 1 rings (SSSR count). The first-order chi connectivity index (χ1) is 41.3. The van der Waals surface area contributed by atoms with E-state index >= 15 is 0 Å². The molecule has 14 amide bonds. The van der Waals surface area contributed by atoms with Gasteiger partial charge in [0.25, 0.3) is 0 Å². The van der Waals surface area contributed by atoms with Crippen LogP contribution >= 0.6 is 25.3 Å². The quantitative estimate of drug-likeness (QED) is 0.0213. The van der Waals surface area contributed by atoms with E-state index < -0.39 is 200 Å². The molecule has 1 aromatic rings. The Morgan fingerprint density at radius 1 is 0.489 bits per heavy atom. The molecule has 0 bridgehead atoms. The second kappa shape index (κ2) is 40.7. The maximum absolute atomic E-state index is 14.2. The number of carbonyl (C=O) groups excluding carboxylic acids is 14. The van der Waals surface area contributed by atoms with Gasteiger partial charge in [0.1, 0.15) is 66.5 Å². The fraction of sp³-hybridized carbons (Fsp3) is 0.615. The van der Waals surface area contributed by atoms with Gasteiger partial charge in [0.05, 0.1) is 38.4 Å². The molecule has 88 heavy (non-hydrogen) atoms. The normalized spacial score (nSPS) is 15.5. The van der Waals surface area contributed by atoms with Gasteiger partial charge in [-0.15, -0.1) is 0 Å². The summed E-state index contributed by atoms with van der Waals surface area (Å²) in [7, 11) is 0. The van der Waals surface area contributed by atoms with Crippen LogP contribution in [0.15, 0.2) is 30.3 Å². The maximum atomic E-state index is 14.2. The van der Waals surface area contributed by atoms with Crippen LogP contribution in [0, 0.1) is 5.92 Å². The number of rotatable bonds is 42. The molecule has 0 fully saturated rings. The fourth-order valence-corrected chi connectivity index (χ4v) is 8.43. The minimum absolute atomic E-state index is 0.0751. The summed E-state index contributed by atoms with van der Waals surface area (Å²) in [5, 5.41) is 65.8. The van der Waals surface area contributed by atoms with Crippen molar-refractivity contribution in [1.82, 2.24) is 58.5 Å². The lowest BCUT2D eigenvalue weighted by molar-refractivity contribution is -0.137. The van der Waals surface area contributed by atoms with E-state index in [-0.39, 0.29) is 36.7 Å². The largest absolute Gasteiger partial charge is 0.394 e. The lowest BCUT2D eigenvalue weighted by atomic mass is 10.00. The third-order valence-electron chi connectivity index (χ3n) is 12.8. The Bertz CT molecular complexity index is 2560. The van der Waals surface area contributed by atoms with E-state index in [1.807, 2.05) is 0 Å². The van der Waals surface area contributed by atoms with Crippen LogP contribution in [0.2, 0.25) is 0 Å². The van der Waals surface area contributed by atoms with Gasteiger partial charge in [0.2, 0.25) is 82.7 Å². The monoisotopic (exact) mass is 1290 g/mol. The molecule has 36 heteroatoms. The molecule has 0 aromatic heterocycles. The van der Waals surface area contributed by atoms with Gasteiger partial charge >= 0.3 is 0 Å². The Hall–Kier alpha value is -7.74. The number of aliphatic hydroxyl groups is 4. The van der Waals surface area contributed by atoms with Crippen molar-refractivity contribution in [2.75, 3.05) is 37.8 Å². The number of nitrogens with one attached hydrogen (secondary N) is 11. The first-order valence-electron chi connectivity index (χ1n) is 27.8. The number of carbonyl (C=O) groups is 14. The number of hydrogen-bond acceptors (Lipinski definition) is 22. The van der Waals surface area contributed by atoms with Crippen LogP contribution in [0.1, 0.15) is 78.2 Å². The first kappa shape index (κ1) is 78.3. The number of benzene rings is 1. The SMILES string of the molecule is CC(C)C[C@H](NC(=O)[C@H](Cc1ccccc1)NC(=O)[C@H](CO)NC(=O)CNC(=O)[C@H](CCC(N)=O)NC(=O)[C@H](CC(N)=O)NC(=O)[C@@H](NC(=O)[C@H](CS)NC(=O)[C@@H](N)CO)[C@@H](C)O)C(=O)N[C@H](C(=O)N[C@@H](CS)C(=O)N[C@@H](CCCCN)C(N)=O)[C@@H](C)O. The summed E-state index contributed by atoms with van der Waals surface area (Å²) in [5.74, 6) is -15.9. The average Bonchev–Trinajstić information content (AvgIpc) is 3.61. The Kier molecular flexibility index (Phi) is 36.2. The predicted octanol–water partition coefficient (Wildman–Crippen LogP) is -10.1. The number of aliphatic hydroxyl groups excluding tert-OH is 4. The average molecular weight is 1290 g/mol. The van der Waals surface area contributed by atoms with E-state index in [0.717, 1.165) is 6.92 Å². The van der Waals surface area contributed by atoms with Crippen molar-refractivity contribution in [3.8, 4) is 0 Å². The number of primary amides is 3. The molecular formula is C52H86N16O18S2. The van der Waals surface area contributed by atoms with E-state index in [1.165, 1.54) is 6.92 Å². The number of thiol groups is 2. The van der Waals surface area contributed by atoms with Gasteiger partial charge in [-0.25, -0.2) is 0 Å². The topological polar surface area (TPSA) is 582 Å². The van der Waals surface area contributed by atoms with Crippen molar-refractivity contribution in [3.63, 3.8) is 0 Å². The van der Waals surface area contributed by atoms with Gasteiger partial charge in [0.15, 0.2) is 0 Å². The van der Waals surface area contributed by atoms with Crippen LogP contribution in [0.3, 0.4) is 0 Å². The lowest BCUT2D eigenvalue weighted by Gasteiger charge is -2.28. The maximum Gasteiger partial charge on any atom is 0.245 e. The molecule has 0 aliphatic rings. The van der Waals surface area contributed by atoms with Crippen molar-refractivity contribution >= 4 is 108 Å². The molecule has 0 heterocycles. The van der Waals surface area contributed by atoms with Crippen LogP contribution in [0.4, 0.5) is 0 Å². The standard InChI is InChI=1S/C52H86N16O18S2/c1-24(2)16-31(47(81)67-41(26(4)72)52(86)66-35(22-87)49(83)60-29(42(57)76)12-8-9-15-53)62-45(79)32(17-27-10-6-5-7-11-27)63-48(82)34(21-70)59-39(75)19-58-44(78)30(13-14-37(55)73)61-46(80)33(18-38(56)74)64-51(85)40(25(3)71)68-50(84)36(23-88)65-43(77)28(54)20-69/h5-7,10-11,24-26,28-36,40-41,69-72,87-88H,8-9,12-23,53-54H2,1-4H3,(H2,55,73)(H2,56,74)(H2,57,76)(H,58,78)(H,59,75)(H,60,83)(H,61,80)(H,62,79)(H,63,82)(H,64,85)(H,65,77)(H,66,86)(H,67,81)(H,68,84)/t25-,26-,28+,29+,30+,31+,32+,33+,34+,35+,36+,40+,41+/m1/s1. The van der Waals surface area contributed by atoms with E-state index in [4.69, 9.17) is 33.8 Å². The summed E-state index contributed by atoms with van der Waals surface area (Å²) < 4.78 is 0. The Morgan fingerprint density at radius 2 is 0.943 bits per heavy atom. The summed E-state index contributed by atoms with van der Waals surface area (Å²) >= 11 is 8.12. The molecule has 0 unspecified atom stereocenters. The Labute approximate surface area is 518 Å². The second-order valence-corrected chi connectivity index (χ2v) is 21.5. The third-order valence-corrected chi connectivity index (χ3v) is 13.5. The molecule has 0 aliphatic carbocycles. The van der Waals surface area contributed by atoms with Crippen LogP contribution in [-0.2, 0) is 73.5 Å². The second-order valence-electron chi connectivity index (χ2n) is 20.7. The highest BCUT2D eigenvalue weighted by Gasteiger charge is 2.37. The van der Waals surface area contributed by atoms with Crippen LogP contribution in [-0.4, -0.2) is 220 Å². The van der Waals surface area contributed by atoms with Crippen LogP contribution in [0.5, 0.6) is 0 Å². The molecule has 34 nitrogen and oxygen atoms in total. The highest BCUT2D eigenvalue weighted by atomic mass is 32.1. The minimum Gasteiger partial charge on any atom is -0.394 e. The van der Waals surface area contributed by atoms with Crippen molar-refractivity contribution in [2.45, 2.75) is 158 Å². The highest BCUT2D eigenvalue weighted by Crippen LogP contribution is 2.11. The summed E-state index contributed by atoms with van der Waals surface area (Å²) in [5.41, 5.74) is 27.6. The molecule has 0 radical (unpaired) electrons. The zero-order valence-electron chi connectivity index (χ0n) is 49.2. The smallest absolute Gasteiger partial charge is 0.245 e. The molecule has 13 atom stereocenters. The summed E-state index contributed by atoms with van der Waals surface area (Å²) in [6.07, 6.45) is -4.53. The molecule has 494 valence electrons. The van der Waals surface area contributed by atoms with Gasteiger partial charge in [-0.2, -0.15) is 25.3 Å². The van der Waals surface area contributed by atoms with E-state index in [0.29, 0.717) is 24.9 Å². The lowest BCUT2D eigenvalue weighted by Crippen LogP contribution is -2.62. The number of amides is 14. The van der Waals surface area contributed by atoms with Crippen molar-refractivity contribution < 1.29 is 87.5 Å². The Morgan fingerprint density at radius 3 is 1.42 bits per heavy atom. The van der Waals surface area contributed by atoms with E-state index in [2.05, 4.69) is 83.7 Å². The van der Waals surface area contributed by atoms with Crippen LogP contribution in [0.25, 0.3) is 0 Å². The molecular weight excluding hydrogens is 1200 g/mol. The highest BCUT2D eigenvalue weighted by molar-refractivity contribution is 7.80. The molecule has 0 aliphatic heterocycles. The zero-order chi connectivity index (χ0) is 67.0. The van der Waals surface area contributed by atoms with Crippen LogP contribution < -0.4 is 87.2 Å². The minimum atomic E-state index is -1.93.